The van der Waals surface area contributed by atoms with E-state index in [0.29, 0.717) is 11.5 Å². The fourth-order valence-corrected chi connectivity index (χ4v) is 3.14. The van der Waals surface area contributed by atoms with Gasteiger partial charge in [-0.3, -0.25) is 4.79 Å². The minimum Gasteiger partial charge on any atom is -0.361 e. The van der Waals surface area contributed by atoms with Gasteiger partial charge in [-0.1, -0.05) is 5.16 Å². The van der Waals surface area contributed by atoms with Gasteiger partial charge >= 0.3 is 0 Å². The molecule has 0 aliphatic carbocycles. The molecule has 0 spiro atoms. The van der Waals surface area contributed by atoms with Gasteiger partial charge in [0.2, 0.25) is 0 Å². The maximum Gasteiger partial charge on any atom is 0.276 e. The van der Waals surface area contributed by atoms with E-state index >= 15 is 0 Å². The zero-order valence-corrected chi connectivity index (χ0v) is 10.9. The normalized spacial score (nSPS) is 19.4. The molecule has 1 fully saturated rings. The van der Waals surface area contributed by atoms with E-state index < -0.39 is 0 Å². The third-order valence-electron chi connectivity index (χ3n) is 3.29. The van der Waals surface area contributed by atoms with E-state index in [4.69, 9.17) is 4.52 Å². The molecule has 1 atom stereocenters. The first-order valence-corrected chi connectivity index (χ1v) is 6.96. The van der Waals surface area contributed by atoms with Gasteiger partial charge in [0.05, 0.1) is 6.04 Å². The number of likely N-dealkylation sites (tertiary alicyclic amines) is 1. The number of aryl methyl sites for hydroxylation is 1. The first-order valence-electron chi connectivity index (χ1n) is 6.02. The van der Waals surface area contributed by atoms with E-state index in [1.807, 2.05) is 4.90 Å². The summed E-state index contributed by atoms with van der Waals surface area (Å²) >= 11 is 1.67. The second-order valence-corrected chi connectivity index (χ2v) is 5.32. The minimum absolute atomic E-state index is 0.0273. The summed E-state index contributed by atoms with van der Waals surface area (Å²) in [5.74, 6) is 0.644. The molecule has 1 aliphatic heterocycles. The van der Waals surface area contributed by atoms with Crippen LogP contribution in [0.15, 0.2) is 27.4 Å². The highest BCUT2D eigenvalue weighted by atomic mass is 32.1. The maximum atomic E-state index is 12.4. The average molecular weight is 262 g/mol. The number of carbonyl (C=O) groups is 1. The van der Waals surface area contributed by atoms with Crippen molar-refractivity contribution >= 4 is 17.2 Å². The van der Waals surface area contributed by atoms with Crippen LogP contribution in [-0.4, -0.2) is 22.5 Å². The first-order chi connectivity index (χ1) is 8.75. The number of hydrogen-bond acceptors (Lipinski definition) is 4. The zero-order chi connectivity index (χ0) is 12.5. The van der Waals surface area contributed by atoms with Gasteiger partial charge in [-0.05, 0) is 42.2 Å². The van der Waals surface area contributed by atoms with Crippen LogP contribution in [0.3, 0.4) is 0 Å². The summed E-state index contributed by atoms with van der Waals surface area (Å²) in [6, 6.07) is 3.99. The number of thiophene rings is 1. The molecule has 0 saturated carbocycles. The lowest BCUT2D eigenvalue weighted by Gasteiger charge is -2.23. The number of nitrogens with zero attached hydrogens (tertiary/aromatic N) is 2. The summed E-state index contributed by atoms with van der Waals surface area (Å²) in [6.07, 6.45) is 2.07. The SMILES string of the molecule is Cc1cc(C(=O)N2CCCC2c2ccsc2)no1. The molecule has 1 unspecified atom stereocenters. The third kappa shape index (κ3) is 1.95. The first kappa shape index (κ1) is 11.5. The smallest absolute Gasteiger partial charge is 0.276 e. The van der Waals surface area contributed by atoms with Crippen LogP contribution in [0.2, 0.25) is 0 Å². The van der Waals surface area contributed by atoms with Crippen molar-refractivity contribution in [2.24, 2.45) is 0 Å². The fraction of sp³-hybridized carbons (Fsp3) is 0.385. The van der Waals surface area contributed by atoms with Gasteiger partial charge in [-0.2, -0.15) is 11.3 Å². The van der Waals surface area contributed by atoms with Crippen molar-refractivity contribution in [1.82, 2.24) is 10.1 Å². The summed E-state index contributed by atoms with van der Waals surface area (Å²) in [7, 11) is 0. The van der Waals surface area contributed by atoms with Crippen molar-refractivity contribution in [1.29, 1.82) is 0 Å². The van der Waals surface area contributed by atoms with Crippen molar-refractivity contribution in [2.75, 3.05) is 6.54 Å². The summed E-state index contributed by atoms with van der Waals surface area (Å²) in [5, 5.41) is 7.98. The van der Waals surface area contributed by atoms with Gasteiger partial charge in [0.1, 0.15) is 5.76 Å². The van der Waals surface area contributed by atoms with Crippen LogP contribution >= 0.6 is 11.3 Å². The second-order valence-electron chi connectivity index (χ2n) is 4.54. The molecule has 1 amide bonds. The molecule has 0 radical (unpaired) electrons. The molecule has 3 rings (SSSR count). The predicted octanol–water partition coefficient (Wildman–Crippen LogP) is 3.02. The largest absolute Gasteiger partial charge is 0.361 e. The number of rotatable bonds is 2. The molecular weight excluding hydrogens is 248 g/mol. The van der Waals surface area contributed by atoms with Crippen LogP contribution in [0, 0.1) is 6.92 Å². The summed E-state index contributed by atoms with van der Waals surface area (Å²) in [6.45, 7) is 2.59. The quantitative estimate of drug-likeness (QED) is 0.835. The van der Waals surface area contributed by atoms with Gasteiger partial charge in [-0.25, -0.2) is 0 Å². The van der Waals surface area contributed by atoms with Crippen molar-refractivity contribution in [3.63, 3.8) is 0 Å². The molecule has 94 valence electrons. The maximum absolute atomic E-state index is 12.4. The highest BCUT2D eigenvalue weighted by molar-refractivity contribution is 7.07. The Morgan fingerprint density at radius 2 is 2.50 bits per heavy atom. The Balaban J connectivity index is 1.85. The Kier molecular flexibility index (Phi) is 2.91. The summed E-state index contributed by atoms with van der Waals surface area (Å²) in [5.41, 5.74) is 1.64. The average Bonchev–Trinajstić information content (AvgIpc) is 3.08. The lowest BCUT2D eigenvalue weighted by molar-refractivity contribution is 0.0725. The molecule has 0 N–H and O–H groups in total. The van der Waals surface area contributed by atoms with E-state index in [9.17, 15) is 4.79 Å². The standard InChI is InChI=1S/C13H14N2O2S/c1-9-7-11(14-17-9)13(16)15-5-2-3-12(15)10-4-6-18-8-10/h4,6-8,12H,2-3,5H2,1H3. The fourth-order valence-electron chi connectivity index (χ4n) is 2.44. The van der Waals surface area contributed by atoms with Crippen LogP contribution in [0.4, 0.5) is 0 Å². The Morgan fingerprint density at radius 3 is 3.17 bits per heavy atom. The summed E-state index contributed by atoms with van der Waals surface area (Å²) in [4.78, 5) is 14.3. The van der Waals surface area contributed by atoms with Crippen LogP contribution in [0.1, 0.15) is 40.7 Å². The molecule has 0 aromatic carbocycles. The van der Waals surface area contributed by atoms with Crippen molar-refractivity contribution in [3.8, 4) is 0 Å². The van der Waals surface area contributed by atoms with E-state index in [0.717, 1.165) is 19.4 Å². The number of aromatic nitrogens is 1. The highest BCUT2D eigenvalue weighted by Crippen LogP contribution is 2.33. The molecule has 1 saturated heterocycles. The molecule has 4 nitrogen and oxygen atoms in total. The topological polar surface area (TPSA) is 46.3 Å². The second kappa shape index (κ2) is 4.57. The molecule has 2 aromatic rings. The highest BCUT2D eigenvalue weighted by Gasteiger charge is 2.32. The van der Waals surface area contributed by atoms with Crippen LogP contribution in [0.25, 0.3) is 0 Å². The molecule has 0 bridgehead atoms. The Morgan fingerprint density at radius 1 is 1.61 bits per heavy atom. The Bertz CT molecular complexity index is 547. The van der Waals surface area contributed by atoms with E-state index in [-0.39, 0.29) is 11.9 Å². The third-order valence-corrected chi connectivity index (χ3v) is 3.99. The Labute approximate surface area is 109 Å². The molecule has 2 aromatic heterocycles. The molecule has 1 aliphatic rings. The molecule has 5 heteroatoms. The van der Waals surface area contributed by atoms with Crippen molar-refractivity contribution < 1.29 is 9.32 Å². The number of amides is 1. The zero-order valence-electron chi connectivity index (χ0n) is 10.1. The molecular formula is C13H14N2O2S. The Hall–Kier alpha value is -1.62. The van der Waals surface area contributed by atoms with Crippen LogP contribution in [0.5, 0.6) is 0 Å². The number of hydrogen-bond donors (Lipinski definition) is 0. The van der Waals surface area contributed by atoms with Gasteiger partial charge < -0.3 is 9.42 Å². The van der Waals surface area contributed by atoms with Crippen LogP contribution in [-0.2, 0) is 0 Å². The number of carbonyl (C=O) groups excluding carboxylic acids is 1. The predicted molar refractivity (Wildman–Crippen MR) is 68.6 cm³/mol. The van der Waals surface area contributed by atoms with E-state index in [1.54, 1.807) is 24.3 Å². The van der Waals surface area contributed by atoms with Crippen molar-refractivity contribution in [3.05, 3.63) is 39.9 Å². The minimum atomic E-state index is -0.0273. The van der Waals surface area contributed by atoms with E-state index in [1.165, 1.54) is 5.56 Å². The van der Waals surface area contributed by atoms with E-state index in [2.05, 4.69) is 22.0 Å². The summed E-state index contributed by atoms with van der Waals surface area (Å²) < 4.78 is 4.98. The monoisotopic (exact) mass is 262 g/mol. The molecule has 3 heterocycles. The van der Waals surface area contributed by atoms with Gasteiger partial charge in [0, 0.05) is 12.6 Å². The van der Waals surface area contributed by atoms with Gasteiger partial charge in [0.25, 0.3) is 5.91 Å². The van der Waals surface area contributed by atoms with Gasteiger partial charge in [-0.15, -0.1) is 0 Å². The van der Waals surface area contributed by atoms with Crippen molar-refractivity contribution in [2.45, 2.75) is 25.8 Å². The molecule has 18 heavy (non-hydrogen) atoms. The van der Waals surface area contributed by atoms with Crippen LogP contribution < -0.4 is 0 Å². The lowest BCUT2D eigenvalue weighted by atomic mass is 10.1. The lowest BCUT2D eigenvalue weighted by Crippen LogP contribution is -2.30. The van der Waals surface area contributed by atoms with Gasteiger partial charge in [0.15, 0.2) is 5.69 Å².